The summed E-state index contributed by atoms with van der Waals surface area (Å²) in [6, 6.07) is 0. The molecule has 0 unspecified atom stereocenters. The quantitative estimate of drug-likeness (QED) is 0.916. The summed E-state index contributed by atoms with van der Waals surface area (Å²) in [6.07, 6.45) is 3.71. The molecule has 1 aromatic heterocycles. The van der Waals surface area contributed by atoms with Crippen LogP contribution in [0.4, 0.5) is 0 Å². The van der Waals surface area contributed by atoms with E-state index in [1.807, 2.05) is 4.90 Å². The van der Waals surface area contributed by atoms with E-state index in [-0.39, 0.29) is 11.8 Å². The number of likely N-dealkylation sites (tertiary alicyclic amines) is 1. The van der Waals surface area contributed by atoms with E-state index in [0.717, 1.165) is 25.8 Å². The number of carbonyl (C=O) groups excluding carboxylic acids is 2. The minimum Gasteiger partial charge on any atom is -0.350 e. The Kier molecular flexibility index (Phi) is 5.22. The van der Waals surface area contributed by atoms with Crippen LogP contribution in [0, 0.1) is 6.92 Å². The van der Waals surface area contributed by atoms with Crippen LogP contribution in [0.25, 0.3) is 0 Å². The Labute approximate surface area is 129 Å². The van der Waals surface area contributed by atoms with Gasteiger partial charge in [-0.2, -0.15) is 5.10 Å². The molecule has 1 saturated heterocycles. The zero-order chi connectivity index (χ0) is 15.4. The maximum Gasteiger partial charge on any atom is 0.256 e. The van der Waals surface area contributed by atoms with Crippen LogP contribution in [0.1, 0.15) is 41.7 Å². The van der Waals surface area contributed by atoms with Crippen molar-refractivity contribution in [2.24, 2.45) is 7.05 Å². The van der Waals surface area contributed by atoms with E-state index < -0.39 is 0 Å². The molecule has 2 rings (SSSR count). The third-order valence-corrected chi connectivity index (χ3v) is 4.15. The van der Waals surface area contributed by atoms with E-state index >= 15 is 0 Å². The van der Waals surface area contributed by atoms with Crippen molar-refractivity contribution in [3.05, 3.63) is 16.4 Å². The molecule has 0 bridgehead atoms. The van der Waals surface area contributed by atoms with Gasteiger partial charge in [-0.25, -0.2) is 0 Å². The van der Waals surface area contributed by atoms with Crippen LogP contribution in [0.15, 0.2) is 0 Å². The molecule has 1 fully saturated rings. The number of aryl methyl sites for hydroxylation is 2. The highest BCUT2D eigenvalue weighted by Crippen LogP contribution is 2.18. The summed E-state index contributed by atoms with van der Waals surface area (Å²) in [5, 5.41) is 7.25. The standard InChI is InChI=1S/C14H21ClN4O2/c1-10-12(13(15)18(2)17-10)14(21)16-7-9-19-8-5-3-4-6-11(19)20/h3-9H2,1-2H3,(H,16,21). The molecule has 0 radical (unpaired) electrons. The van der Waals surface area contributed by atoms with Gasteiger partial charge in [0.25, 0.3) is 5.91 Å². The monoisotopic (exact) mass is 312 g/mol. The van der Waals surface area contributed by atoms with Crippen LogP contribution >= 0.6 is 11.6 Å². The normalized spacial score (nSPS) is 16.0. The first-order valence-electron chi connectivity index (χ1n) is 7.25. The Balaban J connectivity index is 1.88. The summed E-state index contributed by atoms with van der Waals surface area (Å²) in [4.78, 5) is 25.8. The van der Waals surface area contributed by atoms with Crippen LogP contribution in [-0.2, 0) is 11.8 Å². The van der Waals surface area contributed by atoms with Crippen molar-refractivity contribution in [3.63, 3.8) is 0 Å². The Bertz CT molecular complexity index is 541. The van der Waals surface area contributed by atoms with Crippen LogP contribution in [0.3, 0.4) is 0 Å². The SMILES string of the molecule is Cc1nn(C)c(Cl)c1C(=O)NCCN1CCCCCC1=O. The Morgan fingerprint density at radius 1 is 1.38 bits per heavy atom. The van der Waals surface area contributed by atoms with Gasteiger partial charge in [0.1, 0.15) is 5.15 Å². The van der Waals surface area contributed by atoms with E-state index in [0.29, 0.717) is 35.9 Å². The second kappa shape index (κ2) is 6.93. The van der Waals surface area contributed by atoms with Gasteiger partial charge in [-0.15, -0.1) is 0 Å². The number of hydrogen-bond acceptors (Lipinski definition) is 3. The maximum atomic E-state index is 12.1. The number of carbonyl (C=O) groups is 2. The minimum absolute atomic E-state index is 0.178. The van der Waals surface area contributed by atoms with Crippen molar-refractivity contribution in [1.82, 2.24) is 20.0 Å². The summed E-state index contributed by atoms with van der Waals surface area (Å²) in [7, 11) is 1.70. The van der Waals surface area contributed by atoms with Gasteiger partial charge >= 0.3 is 0 Å². The second-order valence-electron chi connectivity index (χ2n) is 5.32. The molecule has 7 heteroatoms. The highest BCUT2D eigenvalue weighted by molar-refractivity contribution is 6.33. The molecule has 1 aromatic rings. The van der Waals surface area contributed by atoms with Crippen molar-refractivity contribution in [2.75, 3.05) is 19.6 Å². The highest BCUT2D eigenvalue weighted by atomic mass is 35.5. The molecule has 0 aromatic carbocycles. The number of nitrogens with zero attached hydrogens (tertiary/aromatic N) is 3. The van der Waals surface area contributed by atoms with Crippen LogP contribution in [-0.4, -0.2) is 46.1 Å². The fourth-order valence-electron chi connectivity index (χ4n) is 2.56. The topological polar surface area (TPSA) is 67.2 Å². The van der Waals surface area contributed by atoms with Gasteiger partial charge in [-0.05, 0) is 19.8 Å². The third kappa shape index (κ3) is 3.75. The maximum absolute atomic E-state index is 12.1. The molecule has 116 valence electrons. The van der Waals surface area contributed by atoms with Crippen LogP contribution in [0.2, 0.25) is 5.15 Å². The number of halogens is 1. The molecule has 6 nitrogen and oxygen atoms in total. The van der Waals surface area contributed by atoms with Gasteiger partial charge in [0.05, 0.1) is 11.3 Å². The molecule has 1 aliphatic heterocycles. The molecular weight excluding hydrogens is 292 g/mol. The summed E-state index contributed by atoms with van der Waals surface area (Å²) in [5.74, 6) is -0.0646. The number of nitrogens with one attached hydrogen (secondary N) is 1. The number of rotatable bonds is 4. The van der Waals surface area contributed by atoms with Crippen molar-refractivity contribution >= 4 is 23.4 Å². The number of aromatic nitrogens is 2. The second-order valence-corrected chi connectivity index (χ2v) is 5.68. The van der Waals surface area contributed by atoms with Crippen molar-refractivity contribution in [2.45, 2.75) is 32.6 Å². The predicted molar refractivity (Wildman–Crippen MR) is 80.3 cm³/mol. The first-order valence-corrected chi connectivity index (χ1v) is 7.63. The van der Waals surface area contributed by atoms with Gasteiger partial charge in [-0.3, -0.25) is 14.3 Å². The summed E-state index contributed by atoms with van der Waals surface area (Å²) in [6.45, 7) is 3.50. The van der Waals surface area contributed by atoms with E-state index in [1.165, 1.54) is 4.68 Å². The van der Waals surface area contributed by atoms with Gasteiger partial charge in [0.2, 0.25) is 5.91 Å². The zero-order valence-electron chi connectivity index (χ0n) is 12.5. The van der Waals surface area contributed by atoms with Crippen molar-refractivity contribution in [3.8, 4) is 0 Å². The molecule has 0 atom stereocenters. The van der Waals surface area contributed by atoms with E-state index in [4.69, 9.17) is 11.6 Å². The van der Waals surface area contributed by atoms with Gasteiger partial charge in [-0.1, -0.05) is 18.0 Å². The van der Waals surface area contributed by atoms with E-state index in [1.54, 1.807) is 14.0 Å². The Hall–Kier alpha value is -1.56. The first-order chi connectivity index (χ1) is 10.0. The molecule has 21 heavy (non-hydrogen) atoms. The minimum atomic E-state index is -0.243. The van der Waals surface area contributed by atoms with E-state index in [2.05, 4.69) is 10.4 Å². The molecule has 1 N–H and O–H groups in total. The largest absolute Gasteiger partial charge is 0.350 e. The molecule has 2 heterocycles. The van der Waals surface area contributed by atoms with Gasteiger partial charge in [0.15, 0.2) is 0 Å². The lowest BCUT2D eigenvalue weighted by Crippen LogP contribution is -2.38. The lowest BCUT2D eigenvalue weighted by atomic mass is 10.2. The van der Waals surface area contributed by atoms with Crippen molar-refractivity contribution in [1.29, 1.82) is 0 Å². The summed E-state index contributed by atoms with van der Waals surface area (Å²) < 4.78 is 1.48. The van der Waals surface area contributed by atoms with Crippen molar-refractivity contribution < 1.29 is 9.59 Å². The number of hydrogen-bond donors (Lipinski definition) is 1. The predicted octanol–water partition coefficient (Wildman–Crippen LogP) is 1.51. The van der Waals surface area contributed by atoms with Gasteiger partial charge in [0, 0.05) is 33.1 Å². The first kappa shape index (κ1) is 15.8. The lowest BCUT2D eigenvalue weighted by molar-refractivity contribution is -0.130. The lowest BCUT2D eigenvalue weighted by Gasteiger charge is -2.20. The van der Waals surface area contributed by atoms with Gasteiger partial charge < -0.3 is 10.2 Å². The Morgan fingerprint density at radius 3 is 2.81 bits per heavy atom. The molecular formula is C14H21ClN4O2. The smallest absolute Gasteiger partial charge is 0.256 e. The highest BCUT2D eigenvalue weighted by Gasteiger charge is 2.20. The molecule has 0 spiro atoms. The van der Waals surface area contributed by atoms with Crippen LogP contribution in [0.5, 0.6) is 0 Å². The van der Waals surface area contributed by atoms with Crippen LogP contribution < -0.4 is 5.32 Å². The Morgan fingerprint density at radius 2 is 2.14 bits per heavy atom. The molecule has 0 aliphatic carbocycles. The third-order valence-electron chi connectivity index (χ3n) is 3.72. The zero-order valence-corrected chi connectivity index (χ0v) is 13.2. The molecule has 1 aliphatic rings. The fourth-order valence-corrected chi connectivity index (χ4v) is 2.82. The average Bonchev–Trinajstić information content (AvgIpc) is 2.59. The molecule has 0 saturated carbocycles. The summed E-state index contributed by atoms with van der Waals surface area (Å²) >= 11 is 6.06. The molecule has 2 amide bonds. The fraction of sp³-hybridized carbons (Fsp3) is 0.643. The average molecular weight is 313 g/mol. The summed E-state index contributed by atoms with van der Waals surface area (Å²) in [5.41, 5.74) is 1.01. The number of amides is 2. The van der Waals surface area contributed by atoms with E-state index in [9.17, 15) is 9.59 Å².